The van der Waals surface area contributed by atoms with Crippen LogP contribution in [0.25, 0.3) is 0 Å². The molecule has 0 saturated carbocycles. The molecule has 0 aromatic rings. The molecule has 0 spiro atoms. The summed E-state index contributed by atoms with van der Waals surface area (Å²) in [6.07, 6.45) is 5.71. The Morgan fingerprint density at radius 3 is 2.94 bits per heavy atom. The molecular formula is C12H20N2O2. The molecule has 1 aliphatic rings. The lowest BCUT2D eigenvalue weighted by molar-refractivity contribution is -0.145. The minimum atomic E-state index is -0.151. The predicted molar refractivity (Wildman–Crippen MR) is 64.5 cm³/mol. The number of nitrogens with zero attached hydrogens (tertiary/aromatic N) is 2. The molecule has 0 unspecified atom stereocenters. The van der Waals surface area contributed by atoms with Crippen LogP contribution in [0, 0.1) is 0 Å². The molecule has 4 nitrogen and oxygen atoms in total. The molecule has 4 heteroatoms. The van der Waals surface area contributed by atoms with Crippen LogP contribution in [0.1, 0.15) is 26.7 Å². The van der Waals surface area contributed by atoms with Crippen LogP contribution in [0.2, 0.25) is 0 Å². The zero-order valence-electron chi connectivity index (χ0n) is 10.3. The van der Waals surface area contributed by atoms with Crippen molar-refractivity contribution in [2.75, 3.05) is 20.2 Å². The lowest BCUT2D eigenvalue weighted by atomic mass is 10.2. The lowest BCUT2D eigenvalue weighted by Gasteiger charge is -2.25. The fraction of sp³-hybridized carbons (Fsp3) is 0.667. The number of hydrogen-bond donors (Lipinski definition) is 0. The summed E-state index contributed by atoms with van der Waals surface area (Å²) in [7, 11) is 1.44. The van der Waals surface area contributed by atoms with Crippen molar-refractivity contribution in [3.05, 3.63) is 11.8 Å². The molecule has 0 bridgehead atoms. The van der Waals surface area contributed by atoms with Crippen LogP contribution in [-0.2, 0) is 9.53 Å². The minimum absolute atomic E-state index is 0.139. The van der Waals surface area contributed by atoms with Gasteiger partial charge >= 0.3 is 5.97 Å². The summed E-state index contributed by atoms with van der Waals surface area (Å²) in [6.45, 7) is 5.61. The van der Waals surface area contributed by atoms with E-state index in [0.717, 1.165) is 31.6 Å². The number of rotatable bonds is 4. The monoisotopic (exact) mass is 224 g/mol. The number of allylic oxidation sites excluding steroid dienone is 2. The molecule has 90 valence electrons. The summed E-state index contributed by atoms with van der Waals surface area (Å²) in [5, 5.41) is 0. The quantitative estimate of drug-likeness (QED) is 0.538. The first-order valence-electron chi connectivity index (χ1n) is 5.75. The third-order valence-corrected chi connectivity index (χ3v) is 2.76. The normalized spacial score (nSPS) is 21.8. The fourth-order valence-electron chi connectivity index (χ4n) is 1.96. The fourth-order valence-corrected chi connectivity index (χ4v) is 1.96. The molecular weight excluding hydrogens is 204 g/mol. The van der Waals surface area contributed by atoms with Gasteiger partial charge < -0.3 is 9.64 Å². The van der Waals surface area contributed by atoms with Crippen molar-refractivity contribution < 1.29 is 9.53 Å². The molecule has 1 atom stereocenters. The SMILES string of the molecule is C/C=C(\C=NCC)N1CCC[C@@H]1C(=O)OC. The smallest absolute Gasteiger partial charge is 0.328 e. The molecule has 0 radical (unpaired) electrons. The van der Waals surface area contributed by atoms with E-state index >= 15 is 0 Å². The van der Waals surface area contributed by atoms with Gasteiger partial charge in [0.25, 0.3) is 0 Å². The van der Waals surface area contributed by atoms with Gasteiger partial charge in [-0.3, -0.25) is 4.99 Å². The molecule has 0 amide bonds. The molecule has 1 saturated heterocycles. The molecule has 1 rings (SSSR count). The Morgan fingerprint density at radius 2 is 2.38 bits per heavy atom. The number of hydrogen-bond acceptors (Lipinski definition) is 4. The van der Waals surface area contributed by atoms with Gasteiger partial charge in [0.1, 0.15) is 6.04 Å². The Balaban J connectivity index is 2.76. The first-order valence-corrected chi connectivity index (χ1v) is 5.75. The largest absolute Gasteiger partial charge is 0.467 e. The second kappa shape index (κ2) is 6.30. The van der Waals surface area contributed by atoms with Gasteiger partial charge in [-0.05, 0) is 26.7 Å². The molecule has 1 fully saturated rings. The van der Waals surface area contributed by atoms with Crippen molar-refractivity contribution in [3.8, 4) is 0 Å². The number of esters is 1. The van der Waals surface area contributed by atoms with Gasteiger partial charge in [-0.1, -0.05) is 6.08 Å². The Kier molecular flexibility index (Phi) is 5.02. The molecule has 0 aromatic heterocycles. The topological polar surface area (TPSA) is 41.9 Å². The maximum absolute atomic E-state index is 11.6. The number of methoxy groups -OCH3 is 1. The van der Waals surface area contributed by atoms with Crippen LogP contribution >= 0.6 is 0 Å². The van der Waals surface area contributed by atoms with Crippen LogP contribution in [0.15, 0.2) is 16.8 Å². The van der Waals surface area contributed by atoms with Crippen molar-refractivity contribution >= 4 is 12.2 Å². The second-order valence-electron chi connectivity index (χ2n) is 3.72. The summed E-state index contributed by atoms with van der Waals surface area (Å²) in [6, 6.07) is -0.139. The maximum Gasteiger partial charge on any atom is 0.328 e. The van der Waals surface area contributed by atoms with Gasteiger partial charge in [-0.15, -0.1) is 0 Å². The van der Waals surface area contributed by atoms with Gasteiger partial charge in [-0.2, -0.15) is 0 Å². The molecule has 0 aromatic carbocycles. The first-order chi connectivity index (χ1) is 7.74. The standard InChI is InChI=1S/C12H20N2O2/c1-4-10(9-13-5-2)14-8-6-7-11(14)12(15)16-3/h4,9,11H,5-8H2,1-3H3/b10-4+,13-9?/t11-/m1/s1. The van der Waals surface area contributed by atoms with Crippen LogP contribution in [0.4, 0.5) is 0 Å². The van der Waals surface area contributed by atoms with Crippen molar-refractivity contribution in [2.45, 2.75) is 32.7 Å². The van der Waals surface area contributed by atoms with E-state index in [1.54, 1.807) is 0 Å². The van der Waals surface area contributed by atoms with Crippen molar-refractivity contribution in [3.63, 3.8) is 0 Å². The summed E-state index contributed by atoms with van der Waals surface area (Å²) in [4.78, 5) is 17.9. The maximum atomic E-state index is 11.6. The van der Waals surface area contributed by atoms with E-state index < -0.39 is 0 Å². The third kappa shape index (κ3) is 2.84. The van der Waals surface area contributed by atoms with Gasteiger partial charge in [0.05, 0.1) is 12.8 Å². The van der Waals surface area contributed by atoms with Crippen molar-refractivity contribution in [1.29, 1.82) is 0 Å². The summed E-state index contributed by atoms with van der Waals surface area (Å²) in [5.74, 6) is -0.151. The van der Waals surface area contributed by atoms with Crippen LogP contribution in [0.3, 0.4) is 0 Å². The second-order valence-corrected chi connectivity index (χ2v) is 3.72. The average Bonchev–Trinajstić information content (AvgIpc) is 2.78. The first kappa shape index (κ1) is 12.7. The van der Waals surface area contributed by atoms with E-state index in [0.29, 0.717) is 0 Å². The van der Waals surface area contributed by atoms with E-state index in [1.165, 1.54) is 7.11 Å². The van der Waals surface area contributed by atoms with E-state index in [-0.39, 0.29) is 12.0 Å². The molecule has 0 aliphatic carbocycles. The van der Waals surface area contributed by atoms with Gasteiger partial charge in [0.2, 0.25) is 0 Å². The van der Waals surface area contributed by atoms with Crippen LogP contribution in [0.5, 0.6) is 0 Å². The number of likely N-dealkylation sites (tertiary alicyclic amines) is 1. The van der Waals surface area contributed by atoms with E-state index in [4.69, 9.17) is 4.74 Å². The molecule has 1 aliphatic heterocycles. The van der Waals surface area contributed by atoms with E-state index in [1.807, 2.05) is 26.1 Å². The molecule has 0 N–H and O–H groups in total. The predicted octanol–water partition coefficient (Wildman–Crippen LogP) is 1.62. The number of carbonyl (C=O) groups is 1. The van der Waals surface area contributed by atoms with Crippen molar-refractivity contribution in [2.24, 2.45) is 4.99 Å². The van der Waals surface area contributed by atoms with Crippen LogP contribution < -0.4 is 0 Å². The van der Waals surface area contributed by atoms with Crippen LogP contribution in [-0.4, -0.2) is 43.3 Å². The number of aliphatic imine (C=N–C) groups is 1. The van der Waals surface area contributed by atoms with Crippen molar-refractivity contribution in [1.82, 2.24) is 4.90 Å². The van der Waals surface area contributed by atoms with Gasteiger partial charge in [0.15, 0.2) is 0 Å². The van der Waals surface area contributed by atoms with E-state index in [9.17, 15) is 4.79 Å². The minimum Gasteiger partial charge on any atom is -0.467 e. The Morgan fingerprint density at radius 1 is 1.62 bits per heavy atom. The summed E-state index contributed by atoms with van der Waals surface area (Å²) in [5.41, 5.74) is 1.01. The van der Waals surface area contributed by atoms with E-state index in [2.05, 4.69) is 9.89 Å². The van der Waals surface area contributed by atoms with Gasteiger partial charge in [0, 0.05) is 19.3 Å². The number of carbonyl (C=O) groups excluding carboxylic acids is 1. The zero-order chi connectivity index (χ0) is 12.0. The highest BCUT2D eigenvalue weighted by Gasteiger charge is 2.31. The highest BCUT2D eigenvalue weighted by atomic mass is 16.5. The summed E-state index contributed by atoms with van der Waals surface area (Å²) >= 11 is 0. The zero-order valence-corrected chi connectivity index (χ0v) is 10.3. The summed E-state index contributed by atoms with van der Waals surface area (Å²) < 4.78 is 4.81. The lowest BCUT2D eigenvalue weighted by Crippen LogP contribution is -2.36. The Labute approximate surface area is 97.0 Å². The third-order valence-electron chi connectivity index (χ3n) is 2.76. The molecule has 16 heavy (non-hydrogen) atoms. The molecule has 1 heterocycles. The van der Waals surface area contributed by atoms with Gasteiger partial charge in [-0.25, -0.2) is 4.79 Å². The Hall–Kier alpha value is -1.32. The average molecular weight is 224 g/mol. The highest BCUT2D eigenvalue weighted by Crippen LogP contribution is 2.22. The number of ether oxygens (including phenoxy) is 1. The Bertz CT molecular complexity index is 297. The highest BCUT2D eigenvalue weighted by molar-refractivity contribution is 5.82.